The third-order valence-corrected chi connectivity index (χ3v) is 10.8. The number of rotatable bonds is 3. The van der Waals surface area contributed by atoms with E-state index in [4.69, 9.17) is 0 Å². The van der Waals surface area contributed by atoms with E-state index in [1.807, 2.05) is 0 Å². The Labute approximate surface area is 269 Å². The van der Waals surface area contributed by atoms with Gasteiger partial charge in [-0.25, -0.2) is 0 Å². The largest absolute Gasteiger partial charge is 0.308 e. The number of fused-ring (bicyclic) bond motifs is 11. The predicted octanol–water partition coefficient (Wildman–Crippen LogP) is 12.6. The first-order valence-corrected chi connectivity index (χ1v) is 16.8. The molecule has 9 aromatic rings. The Morgan fingerprint density at radius 1 is 0.478 bits per heavy atom. The average molecular weight is 590 g/mol. The summed E-state index contributed by atoms with van der Waals surface area (Å²) in [6.07, 6.45) is 0.985. The van der Waals surface area contributed by atoms with Crippen LogP contribution in [0.3, 0.4) is 0 Å². The summed E-state index contributed by atoms with van der Waals surface area (Å²) in [5.41, 5.74) is 15.0. The monoisotopic (exact) mass is 589 g/mol. The van der Waals surface area contributed by atoms with Crippen LogP contribution in [0.1, 0.15) is 61.8 Å². The zero-order chi connectivity index (χ0) is 30.8. The molecule has 2 heterocycles. The van der Waals surface area contributed by atoms with Gasteiger partial charge in [-0.05, 0) is 121 Å². The fraction of sp³-hybridized carbons (Fsp3) is 0.156. The number of nitrogens with zero attached hydrogens (tertiary/aromatic N) is 1. The molecule has 7 aromatic carbocycles. The van der Waals surface area contributed by atoms with Crippen molar-refractivity contribution in [1.29, 1.82) is 0 Å². The molecule has 46 heavy (non-hydrogen) atoms. The number of aromatic nitrogens is 1. The number of benzene rings is 7. The second-order valence-corrected chi connectivity index (χ2v) is 14.2. The van der Waals surface area contributed by atoms with Crippen LogP contribution >= 0.6 is 0 Å². The van der Waals surface area contributed by atoms with Gasteiger partial charge in [0.1, 0.15) is 0 Å². The van der Waals surface area contributed by atoms with Crippen molar-refractivity contribution in [2.45, 2.75) is 46.0 Å². The lowest BCUT2D eigenvalue weighted by molar-refractivity contribution is 0.869. The maximum absolute atomic E-state index is 2.55. The minimum Gasteiger partial charge on any atom is -0.308 e. The highest BCUT2D eigenvalue weighted by Gasteiger charge is 2.24. The van der Waals surface area contributed by atoms with Gasteiger partial charge in [-0.1, -0.05) is 107 Å². The van der Waals surface area contributed by atoms with Gasteiger partial charge in [0.15, 0.2) is 0 Å². The van der Waals surface area contributed by atoms with Gasteiger partial charge in [-0.15, -0.1) is 0 Å². The lowest BCUT2D eigenvalue weighted by atomic mass is 9.92. The summed E-state index contributed by atoms with van der Waals surface area (Å²) in [6, 6.07) is 44.6. The van der Waals surface area contributed by atoms with Gasteiger partial charge >= 0.3 is 0 Å². The van der Waals surface area contributed by atoms with Crippen molar-refractivity contribution in [2.75, 3.05) is 0 Å². The average Bonchev–Trinajstić information content (AvgIpc) is 3.71. The van der Waals surface area contributed by atoms with Crippen molar-refractivity contribution in [3.8, 4) is 22.3 Å². The standard InChI is InChI=1S/C45H35N/c1-25(2)27-12-14-29-23-43-39(19-32(29)16-27)41-21-34(36-10-7-11-37-35-9-6-5-8-31(35)18-38(36)37)22-42-40-20-33-17-28(26(3)4)13-15-30(33)24-44(40)46(43)45(41)42/h5-17,19-26H,18H2,1-4H3. The SMILES string of the molecule is CC(C)c1ccc2cc3c(cc2c1)c1cc(-c2cccc4c2Cc2ccccc2-4)cc2c4cc5cc(C(C)C)ccc5cc4n3c12. The van der Waals surface area contributed by atoms with Gasteiger partial charge in [-0.3, -0.25) is 0 Å². The highest BCUT2D eigenvalue weighted by molar-refractivity contribution is 6.27. The molecule has 0 bridgehead atoms. The zero-order valence-electron chi connectivity index (χ0n) is 26.8. The third-order valence-electron chi connectivity index (χ3n) is 10.8. The molecule has 1 aliphatic carbocycles. The molecule has 2 aromatic heterocycles. The molecule has 1 aliphatic rings. The van der Waals surface area contributed by atoms with Crippen LogP contribution in [0, 0.1) is 0 Å². The second kappa shape index (κ2) is 9.21. The molecule has 10 rings (SSSR count). The Kier molecular flexibility index (Phi) is 5.23. The normalized spacial score (nSPS) is 13.1. The van der Waals surface area contributed by atoms with E-state index in [1.54, 1.807) is 0 Å². The Morgan fingerprint density at radius 2 is 1.04 bits per heavy atom. The molecule has 0 unspecified atom stereocenters. The Bertz CT molecular complexity index is 2580. The molecule has 1 nitrogen and oxygen atoms in total. The van der Waals surface area contributed by atoms with E-state index in [-0.39, 0.29) is 0 Å². The van der Waals surface area contributed by atoms with E-state index in [2.05, 4.69) is 147 Å². The van der Waals surface area contributed by atoms with Crippen LogP contribution < -0.4 is 0 Å². The summed E-state index contributed by atoms with van der Waals surface area (Å²) >= 11 is 0. The Morgan fingerprint density at radius 3 is 1.65 bits per heavy atom. The summed E-state index contributed by atoms with van der Waals surface area (Å²) in [5, 5.41) is 10.6. The fourth-order valence-corrected chi connectivity index (χ4v) is 8.37. The van der Waals surface area contributed by atoms with Crippen molar-refractivity contribution in [3.63, 3.8) is 0 Å². The minimum atomic E-state index is 0.499. The smallest absolute Gasteiger partial charge is 0.0620 e. The fourth-order valence-electron chi connectivity index (χ4n) is 8.37. The lowest BCUT2D eigenvalue weighted by Crippen LogP contribution is -1.89. The topological polar surface area (TPSA) is 4.41 Å². The molecule has 0 N–H and O–H groups in total. The molecule has 1 heteroatoms. The van der Waals surface area contributed by atoms with Crippen LogP contribution in [0.15, 0.2) is 115 Å². The maximum Gasteiger partial charge on any atom is 0.0620 e. The summed E-state index contributed by atoms with van der Waals surface area (Å²) in [5.74, 6) is 0.999. The van der Waals surface area contributed by atoms with Crippen molar-refractivity contribution in [1.82, 2.24) is 4.40 Å². The van der Waals surface area contributed by atoms with Crippen molar-refractivity contribution >= 4 is 59.6 Å². The molecule has 0 spiro atoms. The van der Waals surface area contributed by atoms with Crippen LogP contribution in [0.25, 0.3) is 81.9 Å². The molecule has 0 amide bonds. The molecule has 0 aliphatic heterocycles. The zero-order valence-corrected chi connectivity index (χ0v) is 26.8. The van der Waals surface area contributed by atoms with Gasteiger partial charge in [-0.2, -0.15) is 0 Å². The van der Waals surface area contributed by atoms with Crippen molar-refractivity contribution < 1.29 is 0 Å². The van der Waals surface area contributed by atoms with Crippen molar-refractivity contribution in [2.24, 2.45) is 0 Å². The maximum atomic E-state index is 2.55. The quantitative estimate of drug-likeness (QED) is 0.193. The third kappa shape index (κ3) is 3.52. The summed E-state index contributed by atoms with van der Waals surface area (Å²) < 4.78 is 2.55. The molecule has 0 saturated carbocycles. The number of hydrogen-bond acceptors (Lipinski definition) is 0. The predicted molar refractivity (Wildman–Crippen MR) is 198 cm³/mol. The van der Waals surface area contributed by atoms with Gasteiger partial charge in [0, 0.05) is 21.5 Å². The highest BCUT2D eigenvalue weighted by atomic mass is 14.9. The summed E-state index contributed by atoms with van der Waals surface area (Å²) in [7, 11) is 0. The van der Waals surface area contributed by atoms with E-state index in [1.165, 1.54) is 104 Å². The molecule has 0 radical (unpaired) electrons. The molecular weight excluding hydrogens is 555 g/mol. The molecule has 0 atom stereocenters. The molecular formula is C45H35N. The van der Waals surface area contributed by atoms with Crippen molar-refractivity contribution in [3.05, 3.63) is 138 Å². The van der Waals surface area contributed by atoms with E-state index < -0.39 is 0 Å². The van der Waals surface area contributed by atoms with Crippen LogP contribution in [-0.2, 0) is 6.42 Å². The number of hydrogen-bond donors (Lipinski definition) is 0. The Balaban J connectivity index is 1.34. The molecule has 0 fully saturated rings. The first-order valence-electron chi connectivity index (χ1n) is 16.8. The van der Waals surface area contributed by atoms with Crippen LogP contribution in [0.2, 0.25) is 0 Å². The van der Waals surface area contributed by atoms with E-state index in [0.717, 1.165) is 6.42 Å². The first-order chi connectivity index (χ1) is 22.4. The van der Waals surface area contributed by atoms with Gasteiger partial charge in [0.05, 0.1) is 16.6 Å². The van der Waals surface area contributed by atoms with E-state index >= 15 is 0 Å². The van der Waals surface area contributed by atoms with Gasteiger partial charge in [0.2, 0.25) is 0 Å². The summed E-state index contributed by atoms with van der Waals surface area (Å²) in [6.45, 7) is 9.13. The first kappa shape index (κ1) is 26.1. The Hall–Kier alpha value is -5.14. The van der Waals surface area contributed by atoms with Crippen LogP contribution in [-0.4, -0.2) is 4.40 Å². The van der Waals surface area contributed by atoms with Crippen LogP contribution in [0.5, 0.6) is 0 Å². The molecule has 0 saturated heterocycles. The van der Waals surface area contributed by atoms with Crippen LogP contribution in [0.4, 0.5) is 0 Å². The van der Waals surface area contributed by atoms with E-state index in [9.17, 15) is 0 Å². The second-order valence-electron chi connectivity index (χ2n) is 14.2. The van der Waals surface area contributed by atoms with Gasteiger partial charge in [0.25, 0.3) is 0 Å². The van der Waals surface area contributed by atoms with Gasteiger partial charge < -0.3 is 4.40 Å². The highest BCUT2D eigenvalue weighted by Crippen LogP contribution is 2.47. The molecule has 220 valence electrons. The lowest BCUT2D eigenvalue weighted by Gasteiger charge is -2.11. The minimum absolute atomic E-state index is 0.499. The van der Waals surface area contributed by atoms with E-state index in [0.29, 0.717) is 11.8 Å². The summed E-state index contributed by atoms with van der Waals surface area (Å²) in [4.78, 5) is 0.